The fraction of sp³-hybridized carbons (Fsp3) is 0.190. The molecule has 8 nitrogen and oxygen atoms in total. The molecule has 0 atom stereocenters. The average Bonchev–Trinajstić information content (AvgIpc) is 3.24. The molecule has 0 bridgehead atoms. The van der Waals surface area contributed by atoms with Crippen molar-refractivity contribution < 1.29 is 9.47 Å². The van der Waals surface area contributed by atoms with Crippen molar-refractivity contribution in [3.8, 4) is 11.5 Å². The largest absolute Gasteiger partial charge is 0.497 e. The zero-order valence-corrected chi connectivity index (χ0v) is 16.2. The number of nitrogens with zero attached hydrogens (tertiary/aromatic N) is 3. The van der Waals surface area contributed by atoms with Gasteiger partial charge in [-0.25, -0.2) is 4.98 Å². The van der Waals surface area contributed by atoms with Gasteiger partial charge in [0.2, 0.25) is 5.95 Å². The Labute approximate surface area is 167 Å². The summed E-state index contributed by atoms with van der Waals surface area (Å²) in [5.74, 6) is 2.06. The van der Waals surface area contributed by atoms with Crippen LogP contribution in [0.25, 0.3) is 11.2 Å². The molecular weight excluding hydrogens is 370 g/mol. The molecule has 2 aromatic heterocycles. The second-order valence-corrected chi connectivity index (χ2v) is 6.54. The number of ether oxygens (including phenoxy) is 2. The summed E-state index contributed by atoms with van der Waals surface area (Å²) in [4.78, 5) is 28.7. The molecule has 0 saturated carbocycles. The number of H-pyrrole nitrogens is 2. The van der Waals surface area contributed by atoms with Gasteiger partial charge in [-0.3, -0.25) is 9.78 Å². The van der Waals surface area contributed by atoms with E-state index in [1.54, 1.807) is 14.2 Å². The minimum atomic E-state index is -0.277. The van der Waals surface area contributed by atoms with Crippen molar-refractivity contribution in [1.29, 1.82) is 0 Å². The van der Waals surface area contributed by atoms with Crippen LogP contribution in [0.4, 0.5) is 5.95 Å². The highest BCUT2D eigenvalue weighted by atomic mass is 16.5. The Hall–Kier alpha value is -3.81. The zero-order chi connectivity index (χ0) is 20.2. The minimum Gasteiger partial charge on any atom is -0.497 e. The lowest BCUT2D eigenvalue weighted by Gasteiger charge is -2.23. The van der Waals surface area contributed by atoms with Crippen molar-refractivity contribution in [2.24, 2.45) is 0 Å². The molecule has 4 rings (SSSR count). The quantitative estimate of drug-likeness (QED) is 0.503. The molecule has 0 aliphatic heterocycles. The number of nitrogens with one attached hydrogen (secondary N) is 2. The smallest absolute Gasteiger partial charge is 0.280 e. The molecule has 148 valence electrons. The number of fused-ring (bicyclic) bond motifs is 1. The molecule has 0 unspecified atom stereocenters. The summed E-state index contributed by atoms with van der Waals surface area (Å²) in [5.41, 5.74) is 2.60. The molecule has 0 amide bonds. The Balaban J connectivity index is 1.68. The molecule has 8 heteroatoms. The van der Waals surface area contributed by atoms with Crippen LogP contribution in [0.3, 0.4) is 0 Å². The predicted octanol–water partition coefficient (Wildman–Crippen LogP) is 2.87. The normalized spacial score (nSPS) is 10.8. The lowest BCUT2D eigenvalue weighted by atomic mass is 10.1. The van der Waals surface area contributed by atoms with Crippen LogP contribution in [0, 0.1) is 0 Å². The van der Waals surface area contributed by atoms with Crippen molar-refractivity contribution in [3.63, 3.8) is 0 Å². The van der Waals surface area contributed by atoms with Crippen LogP contribution in [0.2, 0.25) is 0 Å². The topological polar surface area (TPSA) is 96.1 Å². The van der Waals surface area contributed by atoms with Gasteiger partial charge in [0.1, 0.15) is 11.5 Å². The van der Waals surface area contributed by atoms with Crippen molar-refractivity contribution in [2.45, 2.75) is 13.1 Å². The van der Waals surface area contributed by atoms with E-state index in [4.69, 9.17) is 9.47 Å². The van der Waals surface area contributed by atoms with Gasteiger partial charge in [-0.15, -0.1) is 0 Å². The maximum absolute atomic E-state index is 12.4. The number of methoxy groups -OCH3 is 2. The van der Waals surface area contributed by atoms with Crippen LogP contribution < -0.4 is 19.9 Å². The van der Waals surface area contributed by atoms with E-state index in [-0.39, 0.29) is 5.56 Å². The van der Waals surface area contributed by atoms with Crippen molar-refractivity contribution in [1.82, 2.24) is 19.9 Å². The fourth-order valence-corrected chi connectivity index (χ4v) is 3.09. The Morgan fingerprint density at radius 1 is 0.897 bits per heavy atom. The highest BCUT2D eigenvalue weighted by Crippen LogP contribution is 2.20. The number of hydrogen-bond acceptors (Lipinski definition) is 6. The first-order chi connectivity index (χ1) is 14.2. The average molecular weight is 391 g/mol. The van der Waals surface area contributed by atoms with Gasteiger partial charge in [0, 0.05) is 13.1 Å². The highest BCUT2D eigenvalue weighted by molar-refractivity contribution is 5.69. The molecular formula is C21H21N5O3. The third-order valence-electron chi connectivity index (χ3n) is 4.64. The summed E-state index contributed by atoms with van der Waals surface area (Å²) in [6.45, 7) is 1.11. The molecule has 0 saturated heterocycles. The van der Waals surface area contributed by atoms with E-state index >= 15 is 0 Å². The second kappa shape index (κ2) is 8.05. The molecule has 0 aliphatic carbocycles. The molecule has 4 aromatic rings. The van der Waals surface area contributed by atoms with E-state index in [0.717, 1.165) is 22.6 Å². The first-order valence-corrected chi connectivity index (χ1v) is 9.10. The maximum Gasteiger partial charge on any atom is 0.280 e. The number of anilines is 1. The molecule has 0 spiro atoms. The SMILES string of the molecule is COc1ccc(CN(Cc2ccc(OC)cc2)c2nc3[nH]cnc3c(=O)[nH]2)cc1. The van der Waals surface area contributed by atoms with E-state index < -0.39 is 0 Å². The summed E-state index contributed by atoms with van der Waals surface area (Å²) in [7, 11) is 3.28. The Morgan fingerprint density at radius 2 is 1.45 bits per heavy atom. The van der Waals surface area contributed by atoms with E-state index in [9.17, 15) is 4.79 Å². The first-order valence-electron chi connectivity index (χ1n) is 9.10. The molecule has 0 fully saturated rings. The van der Waals surface area contributed by atoms with Gasteiger partial charge in [-0.1, -0.05) is 24.3 Å². The Morgan fingerprint density at radius 3 is 1.97 bits per heavy atom. The van der Waals surface area contributed by atoms with Gasteiger partial charge >= 0.3 is 0 Å². The van der Waals surface area contributed by atoms with Crippen LogP contribution >= 0.6 is 0 Å². The molecule has 29 heavy (non-hydrogen) atoms. The minimum absolute atomic E-state index is 0.277. The van der Waals surface area contributed by atoms with Gasteiger partial charge in [-0.05, 0) is 35.4 Å². The lowest BCUT2D eigenvalue weighted by Crippen LogP contribution is -2.26. The first kappa shape index (κ1) is 18.5. The third kappa shape index (κ3) is 4.06. The monoisotopic (exact) mass is 391 g/mol. The summed E-state index contributed by atoms with van der Waals surface area (Å²) in [6.07, 6.45) is 1.47. The second-order valence-electron chi connectivity index (χ2n) is 6.54. The van der Waals surface area contributed by atoms with Crippen molar-refractivity contribution >= 4 is 17.1 Å². The van der Waals surface area contributed by atoms with Crippen LogP contribution in [0.15, 0.2) is 59.7 Å². The molecule has 2 aromatic carbocycles. The van der Waals surface area contributed by atoms with Crippen LogP contribution in [-0.2, 0) is 13.1 Å². The molecule has 2 heterocycles. The number of benzene rings is 2. The molecule has 0 aliphatic rings. The Kier molecular flexibility index (Phi) is 5.15. The van der Waals surface area contributed by atoms with E-state index in [1.165, 1.54) is 6.33 Å². The highest BCUT2D eigenvalue weighted by Gasteiger charge is 2.14. The van der Waals surface area contributed by atoms with Crippen LogP contribution in [0.1, 0.15) is 11.1 Å². The summed E-state index contributed by atoms with van der Waals surface area (Å²) < 4.78 is 10.5. The summed E-state index contributed by atoms with van der Waals surface area (Å²) in [6, 6.07) is 15.6. The number of rotatable bonds is 7. The van der Waals surface area contributed by atoms with Gasteiger partial charge < -0.3 is 19.4 Å². The Bertz CT molecular complexity index is 1100. The summed E-state index contributed by atoms with van der Waals surface area (Å²) in [5, 5.41) is 0. The third-order valence-corrected chi connectivity index (χ3v) is 4.64. The van der Waals surface area contributed by atoms with E-state index in [0.29, 0.717) is 30.2 Å². The maximum atomic E-state index is 12.4. The van der Waals surface area contributed by atoms with Crippen molar-refractivity contribution in [2.75, 3.05) is 19.1 Å². The number of hydrogen-bond donors (Lipinski definition) is 2. The number of aromatic amines is 2. The van der Waals surface area contributed by atoms with E-state index in [2.05, 4.69) is 19.9 Å². The van der Waals surface area contributed by atoms with Gasteiger partial charge in [0.25, 0.3) is 5.56 Å². The van der Waals surface area contributed by atoms with Crippen molar-refractivity contribution in [3.05, 3.63) is 76.3 Å². The van der Waals surface area contributed by atoms with Crippen LogP contribution in [-0.4, -0.2) is 34.2 Å². The van der Waals surface area contributed by atoms with Crippen LogP contribution in [0.5, 0.6) is 11.5 Å². The standard InChI is InChI=1S/C21H21N5O3/c1-28-16-7-3-14(4-8-16)11-26(12-15-5-9-17(29-2)10-6-15)21-24-19-18(20(27)25-21)22-13-23-19/h3-10,13H,11-12H2,1-2H3,(H2,22,23,24,25,27). The zero-order valence-electron chi connectivity index (χ0n) is 16.2. The van der Waals surface area contributed by atoms with Gasteiger partial charge in [0.15, 0.2) is 11.2 Å². The van der Waals surface area contributed by atoms with E-state index in [1.807, 2.05) is 53.4 Å². The number of aromatic nitrogens is 4. The number of imidazole rings is 1. The molecule has 2 N–H and O–H groups in total. The summed E-state index contributed by atoms with van der Waals surface area (Å²) >= 11 is 0. The molecule has 0 radical (unpaired) electrons. The van der Waals surface area contributed by atoms with Gasteiger partial charge in [-0.2, -0.15) is 4.98 Å². The van der Waals surface area contributed by atoms with Gasteiger partial charge in [0.05, 0.1) is 20.5 Å². The predicted molar refractivity (Wildman–Crippen MR) is 110 cm³/mol. The fourth-order valence-electron chi connectivity index (χ4n) is 3.09. The lowest BCUT2D eigenvalue weighted by molar-refractivity contribution is 0.414.